The van der Waals surface area contributed by atoms with E-state index in [1.54, 1.807) is 4.90 Å². The maximum atomic E-state index is 13.1. The Bertz CT molecular complexity index is 388. The van der Waals surface area contributed by atoms with Crippen LogP contribution in [0.3, 0.4) is 0 Å². The molecule has 1 saturated heterocycles. The van der Waals surface area contributed by atoms with Gasteiger partial charge in [-0.2, -0.15) is 0 Å². The Labute approximate surface area is 95.1 Å². The summed E-state index contributed by atoms with van der Waals surface area (Å²) in [5.74, 6) is 0.0128. The lowest BCUT2D eigenvalue weighted by molar-refractivity contribution is -0.117. The lowest BCUT2D eigenvalue weighted by Crippen LogP contribution is -2.40. The van der Waals surface area contributed by atoms with Gasteiger partial charge in [-0.1, -0.05) is 32.0 Å². The molecule has 0 saturated carbocycles. The number of hydrogen-bond acceptors (Lipinski definition) is 1. The third-order valence-corrected chi connectivity index (χ3v) is 3.27. The summed E-state index contributed by atoms with van der Waals surface area (Å²) in [4.78, 5) is 13.5. The van der Waals surface area contributed by atoms with Crippen LogP contribution in [0.2, 0.25) is 0 Å². The van der Waals surface area contributed by atoms with Crippen molar-refractivity contribution in [1.82, 2.24) is 0 Å². The van der Waals surface area contributed by atoms with Crippen LogP contribution in [0.15, 0.2) is 30.3 Å². The number of alkyl halides is 1. The number of hydrogen-bond donors (Lipinski definition) is 0. The average Bonchev–Trinajstić information content (AvgIpc) is 2.48. The molecule has 0 aliphatic carbocycles. The van der Waals surface area contributed by atoms with Crippen molar-refractivity contribution in [2.75, 3.05) is 11.6 Å². The average molecular weight is 221 g/mol. The molecule has 0 N–H and O–H groups in total. The monoisotopic (exact) mass is 221 g/mol. The number of carbonyl (C=O) groups excluding carboxylic acids is 1. The predicted molar refractivity (Wildman–Crippen MR) is 62.1 cm³/mol. The zero-order valence-corrected chi connectivity index (χ0v) is 9.61. The minimum atomic E-state index is -0.492. The molecular formula is C13H16FNO. The van der Waals surface area contributed by atoms with Crippen molar-refractivity contribution >= 4 is 11.6 Å². The van der Waals surface area contributed by atoms with E-state index in [-0.39, 0.29) is 17.4 Å². The minimum absolute atomic E-state index is 0.0128. The molecule has 1 atom stereocenters. The number of anilines is 1. The summed E-state index contributed by atoms with van der Waals surface area (Å²) < 4.78 is 13.1. The van der Waals surface area contributed by atoms with Crippen LogP contribution < -0.4 is 4.90 Å². The molecular weight excluding hydrogens is 205 g/mol. The molecule has 3 heteroatoms. The molecule has 2 rings (SSSR count). The molecule has 0 radical (unpaired) electrons. The quantitative estimate of drug-likeness (QED) is 0.752. The lowest BCUT2D eigenvalue weighted by atomic mass is 9.85. The van der Waals surface area contributed by atoms with Gasteiger partial charge in [0.05, 0.1) is 6.04 Å². The van der Waals surface area contributed by atoms with Gasteiger partial charge in [-0.25, -0.2) is 4.39 Å². The fourth-order valence-electron chi connectivity index (χ4n) is 2.31. The maximum Gasteiger partial charge on any atom is 0.227 e. The molecule has 1 unspecified atom stereocenters. The van der Waals surface area contributed by atoms with Gasteiger partial charge in [-0.3, -0.25) is 4.79 Å². The molecule has 86 valence electrons. The summed E-state index contributed by atoms with van der Waals surface area (Å²) in [7, 11) is 0. The van der Waals surface area contributed by atoms with Crippen LogP contribution in [-0.4, -0.2) is 18.6 Å². The Kier molecular flexibility index (Phi) is 2.70. The molecule has 1 heterocycles. The Balaban J connectivity index is 2.37. The van der Waals surface area contributed by atoms with Crippen molar-refractivity contribution < 1.29 is 9.18 Å². The van der Waals surface area contributed by atoms with E-state index in [9.17, 15) is 9.18 Å². The van der Waals surface area contributed by atoms with Crippen molar-refractivity contribution in [3.63, 3.8) is 0 Å². The van der Waals surface area contributed by atoms with E-state index < -0.39 is 6.67 Å². The first kappa shape index (κ1) is 11.1. The van der Waals surface area contributed by atoms with E-state index in [0.29, 0.717) is 6.42 Å². The van der Waals surface area contributed by atoms with Crippen molar-refractivity contribution in [3.05, 3.63) is 30.3 Å². The van der Waals surface area contributed by atoms with Gasteiger partial charge in [0.1, 0.15) is 6.67 Å². The van der Waals surface area contributed by atoms with Gasteiger partial charge >= 0.3 is 0 Å². The molecule has 0 bridgehead atoms. The van der Waals surface area contributed by atoms with Crippen LogP contribution >= 0.6 is 0 Å². The minimum Gasteiger partial charge on any atom is -0.306 e. The van der Waals surface area contributed by atoms with Gasteiger partial charge in [0.25, 0.3) is 0 Å². The van der Waals surface area contributed by atoms with E-state index in [4.69, 9.17) is 0 Å². The van der Waals surface area contributed by atoms with Gasteiger partial charge < -0.3 is 4.90 Å². The highest BCUT2D eigenvalue weighted by atomic mass is 19.1. The molecule has 1 aliphatic rings. The third kappa shape index (κ3) is 1.70. The van der Waals surface area contributed by atoms with Crippen molar-refractivity contribution in [1.29, 1.82) is 0 Å². The van der Waals surface area contributed by atoms with E-state index in [0.717, 1.165) is 5.69 Å². The fourth-order valence-corrected chi connectivity index (χ4v) is 2.31. The molecule has 0 spiro atoms. The Morgan fingerprint density at radius 1 is 1.38 bits per heavy atom. The number of carbonyl (C=O) groups is 1. The maximum absolute atomic E-state index is 13.1. The largest absolute Gasteiger partial charge is 0.306 e. The number of halogens is 1. The summed E-state index contributed by atoms with van der Waals surface area (Å²) in [5.41, 5.74) is 0.502. The predicted octanol–water partition coefficient (Wildman–Crippen LogP) is 2.79. The van der Waals surface area contributed by atoms with Crippen LogP contribution in [0.5, 0.6) is 0 Å². The first-order chi connectivity index (χ1) is 7.56. The van der Waals surface area contributed by atoms with Gasteiger partial charge in [-0.15, -0.1) is 0 Å². The molecule has 2 nitrogen and oxygen atoms in total. The summed E-state index contributed by atoms with van der Waals surface area (Å²) in [6, 6.07) is 8.97. The lowest BCUT2D eigenvalue weighted by Gasteiger charge is -2.30. The number of rotatable bonds is 2. The van der Waals surface area contributed by atoms with E-state index >= 15 is 0 Å². The van der Waals surface area contributed by atoms with Crippen molar-refractivity contribution in [2.24, 2.45) is 5.41 Å². The molecule has 1 aliphatic heterocycles. The summed E-state index contributed by atoms with van der Waals surface area (Å²) in [5, 5.41) is 0. The van der Waals surface area contributed by atoms with E-state index in [1.165, 1.54) is 0 Å². The highest BCUT2D eigenvalue weighted by Gasteiger charge is 2.46. The fraction of sp³-hybridized carbons (Fsp3) is 0.462. The Hall–Kier alpha value is -1.38. The first-order valence-corrected chi connectivity index (χ1v) is 5.49. The van der Waals surface area contributed by atoms with Crippen LogP contribution in [0.1, 0.15) is 20.3 Å². The second kappa shape index (κ2) is 3.89. The zero-order chi connectivity index (χ0) is 11.8. The number of benzene rings is 1. The van der Waals surface area contributed by atoms with Gasteiger partial charge in [0.15, 0.2) is 0 Å². The van der Waals surface area contributed by atoms with Gasteiger partial charge in [0.2, 0.25) is 5.91 Å². The second-order valence-corrected chi connectivity index (χ2v) is 4.93. The van der Waals surface area contributed by atoms with Crippen LogP contribution in [0.4, 0.5) is 10.1 Å². The molecule has 1 amide bonds. The van der Waals surface area contributed by atoms with Gasteiger partial charge in [-0.05, 0) is 17.5 Å². The highest BCUT2D eigenvalue weighted by molar-refractivity contribution is 5.97. The molecule has 1 aromatic carbocycles. The number of para-hydroxylation sites is 1. The Morgan fingerprint density at radius 3 is 2.56 bits per heavy atom. The van der Waals surface area contributed by atoms with Crippen molar-refractivity contribution in [3.8, 4) is 0 Å². The molecule has 1 fully saturated rings. The number of amides is 1. The molecule has 0 aromatic heterocycles. The standard InChI is InChI=1S/C13H16FNO/c1-13(2)8-12(16)15(11(13)9-14)10-6-4-3-5-7-10/h3-7,11H,8-9H2,1-2H3. The van der Waals surface area contributed by atoms with Crippen LogP contribution in [0.25, 0.3) is 0 Å². The van der Waals surface area contributed by atoms with Crippen molar-refractivity contribution in [2.45, 2.75) is 26.3 Å². The smallest absolute Gasteiger partial charge is 0.227 e. The first-order valence-electron chi connectivity index (χ1n) is 5.49. The molecule has 16 heavy (non-hydrogen) atoms. The molecule has 1 aromatic rings. The highest BCUT2D eigenvalue weighted by Crippen LogP contribution is 2.39. The SMILES string of the molecule is CC1(C)CC(=O)N(c2ccccc2)C1CF. The second-order valence-electron chi connectivity index (χ2n) is 4.93. The number of nitrogens with zero attached hydrogens (tertiary/aromatic N) is 1. The summed E-state index contributed by atoms with van der Waals surface area (Å²) in [6.07, 6.45) is 0.413. The van der Waals surface area contributed by atoms with E-state index in [1.807, 2.05) is 44.2 Å². The van der Waals surface area contributed by atoms with Gasteiger partial charge in [0, 0.05) is 12.1 Å². The van der Waals surface area contributed by atoms with E-state index in [2.05, 4.69) is 0 Å². The Morgan fingerprint density at radius 2 is 2.00 bits per heavy atom. The zero-order valence-electron chi connectivity index (χ0n) is 9.61. The topological polar surface area (TPSA) is 20.3 Å². The third-order valence-electron chi connectivity index (χ3n) is 3.27. The van der Waals surface area contributed by atoms with Crippen LogP contribution in [0, 0.1) is 5.41 Å². The summed E-state index contributed by atoms with van der Waals surface area (Å²) >= 11 is 0. The normalized spacial score (nSPS) is 23.8. The summed E-state index contributed by atoms with van der Waals surface area (Å²) in [6.45, 7) is 3.39. The van der Waals surface area contributed by atoms with Crippen LogP contribution in [-0.2, 0) is 4.79 Å².